The first-order valence-corrected chi connectivity index (χ1v) is 5.31. The lowest BCUT2D eigenvalue weighted by atomic mass is 10.2. The lowest BCUT2D eigenvalue weighted by Gasteiger charge is -2.10. The molecule has 1 aromatic carbocycles. The maximum Gasteiger partial charge on any atom is 0.337 e. The van der Waals surface area contributed by atoms with Crippen LogP contribution in [0.1, 0.15) is 5.56 Å². The summed E-state index contributed by atoms with van der Waals surface area (Å²) in [6.45, 7) is 3.77. The van der Waals surface area contributed by atoms with Gasteiger partial charge in [0.25, 0.3) is 0 Å². The summed E-state index contributed by atoms with van der Waals surface area (Å²) in [6.07, 6.45) is 0.189. The lowest BCUT2D eigenvalue weighted by Crippen LogP contribution is -2.28. The number of carbonyl (C=O) groups excluding carboxylic acids is 1. The lowest BCUT2D eigenvalue weighted by molar-refractivity contribution is -0.155. The van der Waals surface area contributed by atoms with Crippen molar-refractivity contribution < 1.29 is 19.4 Å². The molecular formula is C13H16O4. The van der Waals surface area contributed by atoms with E-state index in [9.17, 15) is 9.90 Å². The van der Waals surface area contributed by atoms with E-state index in [2.05, 4.69) is 11.3 Å². The normalized spacial score (nSPS) is 11.8. The second-order valence-electron chi connectivity index (χ2n) is 3.44. The van der Waals surface area contributed by atoms with Crippen molar-refractivity contribution in [2.24, 2.45) is 0 Å². The molecule has 0 aliphatic carbocycles. The molecule has 4 nitrogen and oxygen atoms in total. The fourth-order valence-corrected chi connectivity index (χ4v) is 1.17. The fraction of sp³-hybridized carbons (Fsp3) is 0.308. The monoisotopic (exact) mass is 236 g/mol. The molecule has 0 aromatic heterocycles. The van der Waals surface area contributed by atoms with Gasteiger partial charge in [-0.3, -0.25) is 0 Å². The van der Waals surface area contributed by atoms with E-state index in [1.165, 1.54) is 6.08 Å². The smallest absolute Gasteiger partial charge is 0.337 e. The Kier molecular flexibility index (Phi) is 5.99. The van der Waals surface area contributed by atoms with Gasteiger partial charge in [-0.05, 0) is 5.56 Å². The molecule has 0 saturated heterocycles. The van der Waals surface area contributed by atoms with Crippen molar-refractivity contribution in [1.29, 1.82) is 0 Å². The SMILES string of the molecule is C=CCOC(=O)[C@@H](O)COCc1ccccc1. The quantitative estimate of drug-likeness (QED) is 0.572. The molecular weight excluding hydrogens is 220 g/mol. The summed E-state index contributed by atoms with van der Waals surface area (Å²) in [6, 6.07) is 9.51. The predicted molar refractivity (Wildman–Crippen MR) is 63.3 cm³/mol. The van der Waals surface area contributed by atoms with E-state index in [4.69, 9.17) is 4.74 Å². The molecule has 4 heteroatoms. The fourth-order valence-electron chi connectivity index (χ4n) is 1.17. The zero-order valence-electron chi connectivity index (χ0n) is 9.54. The molecule has 0 radical (unpaired) electrons. The minimum absolute atomic E-state index is 0.0785. The minimum atomic E-state index is -1.25. The van der Waals surface area contributed by atoms with Gasteiger partial charge in [0.15, 0.2) is 6.10 Å². The summed E-state index contributed by atoms with van der Waals surface area (Å²) < 4.78 is 9.87. The van der Waals surface area contributed by atoms with Gasteiger partial charge in [0, 0.05) is 0 Å². The van der Waals surface area contributed by atoms with Crippen molar-refractivity contribution in [3.63, 3.8) is 0 Å². The number of aliphatic hydroxyl groups excluding tert-OH is 1. The number of hydrogen-bond acceptors (Lipinski definition) is 4. The highest BCUT2D eigenvalue weighted by molar-refractivity contribution is 5.74. The summed E-state index contributed by atoms with van der Waals surface area (Å²) in [5.41, 5.74) is 0.985. The molecule has 0 heterocycles. The first-order chi connectivity index (χ1) is 8.24. The van der Waals surface area contributed by atoms with Crippen LogP contribution in [0.15, 0.2) is 43.0 Å². The Morgan fingerprint density at radius 1 is 1.41 bits per heavy atom. The number of hydrogen-bond donors (Lipinski definition) is 1. The summed E-state index contributed by atoms with van der Waals surface area (Å²) in [5, 5.41) is 9.39. The summed E-state index contributed by atoms with van der Waals surface area (Å²) in [7, 11) is 0. The van der Waals surface area contributed by atoms with Crippen LogP contribution in [0.5, 0.6) is 0 Å². The molecule has 1 N–H and O–H groups in total. The van der Waals surface area contributed by atoms with Crippen molar-refractivity contribution in [1.82, 2.24) is 0 Å². The van der Waals surface area contributed by atoms with Crippen molar-refractivity contribution in [3.8, 4) is 0 Å². The molecule has 1 aromatic rings. The molecule has 1 atom stereocenters. The van der Waals surface area contributed by atoms with E-state index >= 15 is 0 Å². The molecule has 0 amide bonds. The number of carbonyl (C=O) groups is 1. The number of esters is 1. The second kappa shape index (κ2) is 7.60. The van der Waals surface area contributed by atoms with Gasteiger partial charge in [-0.15, -0.1) is 0 Å². The van der Waals surface area contributed by atoms with Crippen LogP contribution in [-0.2, 0) is 20.9 Å². The topological polar surface area (TPSA) is 55.8 Å². The molecule has 0 aliphatic heterocycles. The highest BCUT2D eigenvalue weighted by atomic mass is 16.6. The van der Waals surface area contributed by atoms with Gasteiger partial charge in [-0.2, -0.15) is 0 Å². The predicted octanol–water partition coefficient (Wildman–Crippen LogP) is 1.29. The van der Waals surface area contributed by atoms with Crippen LogP contribution in [0.3, 0.4) is 0 Å². The van der Waals surface area contributed by atoms with E-state index in [1.807, 2.05) is 30.3 Å². The Balaban J connectivity index is 2.22. The molecule has 0 saturated carbocycles. The standard InChI is InChI=1S/C13H16O4/c1-2-8-17-13(15)12(14)10-16-9-11-6-4-3-5-7-11/h2-7,12,14H,1,8-10H2/t12-/m0/s1. The van der Waals surface area contributed by atoms with E-state index in [-0.39, 0.29) is 13.2 Å². The third kappa shape index (κ3) is 5.29. The van der Waals surface area contributed by atoms with E-state index < -0.39 is 12.1 Å². The summed E-state index contributed by atoms with van der Waals surface area (Å²) >= 11 is 0. The maximum atomic E-state index is 11.1. The highest BCUT2D eigenvalue weighted by Gasteiger charge is 2.16. The van der Waals surface area contributed by atoms with Crippen molar-refractivity contribution >= 4 is 5.97 Å². The second-order valence-corrected chi connectivity index (χ2v) is 3.44. The molecule has 0 spiro atoms. The van der Waals surface area contributed by atoms with Gasteiger partial charge in [0.2, 0.25) is 0 Å². The van der Waals surface area contributed by atoms with E-state index in [0.29, 0.717) is 6.61 Å². The summed E-state index contributed by atoms with van der Waals surface area (Å²) in [5.74, 6) is -0.696. The van der Waals surface area contributed by atoms with Crippen LogP contribution in [0.4, 0.5) is 0 Å². The third-order valence-corrected chi connectivity index (χ3v) is 2.00. The van der Waals surface area contributed by atoms with Crippen LogP contribution >= 0.6 is 0 Å². The van der Waals surface area contributed by atoms with Gasteiger partial charge in [-0.25, -0.2) is 4.79 Å². The molecule has 0 unspecified atom stereocenters. The van der Waals surface area contributed by atoms with Crippen molar-refractivity contribution in [3.05, 3.63) is 48.6 Å². The summed E-state index contributed by atoms with van der Waals surface area (Å²) in [4.78, 5) is 11.1. The average Bonchev–Trinajstić information content (AvgIpc) is 2.37. The largest absolute Gasteiger partial charge is 0.459 e. The van der Waals surface area contributed by atoms with Gasteiger partial charge in [0.1, 0.15) is 6.61 Å². The highest BCUT2D eigenvalue weighted by Crippen LogP contribution is 2.01. The van der Waals surface area contributed by atoms with Gasteiger partial charge in [-0.1, -0.05) is 43.0 Å². The Morgan fingerprint density at radius 2 is 2.12 bits per heavy atom. The van der Waals surface area contributed by atoms with E-state index in [0.717, 1.165) is 5.56 Å². The molecule has 92 valence electrons. The van der Waals surface area contributed by atoms with E-state index in [1.54, 1.807) is 0 Å². The van der Waals surface area contributed by atoms with Crippen LogP contribution in [0.25, 0.3) is 0 Å². The van der Waals surface area contributed by atoms with Crippen molar-refractivity contribution in [2.45, 2.75) is 12.7 Å². The molecule has 0 bridgehead atoms. The maximum absolute atomic E-state index is 11.1. The average molecular weight is 236 g/mol. The number of benzene rings is 1. The van der Waals surface area contributed by atoms with Gasteiger partial charge < -0.3 is 14.6 Å². The van der Waals surface area contributed by atoms with Crippen LogP contribution in [0, 0.1) is 0 Å². The first-order valence-electron chi connectivity index (χ1n) is 5.31. The minimum Gasteiger partial charge on any atom is -0.459 e. The Morgan fingerprint density at radius 3 is 2.76 bits per heavy atom. The van der Waals surface area contributed by atoms with Gasteiger partial charge in [0.05, 0.1) is 13.2 Å². The third-order valence-electron chi connectivity index (χ3n) is 2.00. The Labute approximate surface area is 100 Å². The zero-order valence-corrected chi connectivity index (χ0v) is 9.54. The number of rotatable bonds is 7. The molecule has 0 aliphatic rings. The van der Waals surface area contributed by atoms with Crippen LogP contribution < -0.4 is 0 Å². The Hall–Kier alpha value is -1.65. The number of ether oxygens (including phenoxy) is 2. The number of aliphatic hydroxyl groups is 1. The van der Waals surface area contributed by atoms with Crippen LogP contribution in [0.2, 0.25) is 0 Å². The van der Waals surface area contributed by atoms with Gasteiger partial charge >= 0.3 is 5.97 Å². The molecule has 1 rings (SSSR count). The van der Waals surface area contributed by atoms with Crippen LogP contribution in [-0.4, -0.2) is 30.4 Å². The zero-order chi connectivity index (χ0) is 12.5. The first kappa shape index (κ1) is 13.4. The Bertz CT molecular complexity index is 348. The molecule has 17 heavy (non-hydrogen) atoms. The van der Waals surface area contributed by atoms with Crippen molar-refractivity contribution in [2.75, 3.05) is 13.2 Å². The molecule has 0 fully saturated rings.